The van der Waals surface area contributed by atoms with Crippen LogP contribution in [0.2, 0.25) is 0 Å². The summed E-state index contributed by atoms with van der Waals surface area (Å²) in [5.74, 6) is -2.65. The molecule has 0 saturated carbocycles. The lowest BCUT2D eigenvalue weighted by Crippen LogP contribution is -1.93. The Balaban J connectivity index is -0.000000315. The number of aliphatic hydroxyl groups is 2. The van der Waals surface area contributed by atoms with E-state index in [4.69, 9.17) is 30.6 Å². The molecule has 342 valence electrons. The molecule has 0 aliphatic carbocycles. The first kappa shape index (κ1) is 61.7. The van der Waals surface area contributed by atoms with Crippen molar-refractivity contribution in [2.75, 3.05) is 0 Å². The van der Waals surface area contributed by atoms with E-state index in [1.165, 1.54) is 128 Å². The van der Waals surface area contributed by atoms with Gasteiger partial charge in [-0.3, -0.25) is 19.2 Å². The predicted molar refractivity (Wildman–Crippen MR) is 239 cm³/mol. The molecule has 1 aromatic carbocycles. The van der Waals surface area contributed by atoms with Crippen LogP contribution in [0, 0.1) is 0 Å². The number of unbranched alkanes of at least 4 members (excludes halogenated alkanes) is 24. The monoisotopic (exact) mass is 827 g/mol. The summed E-state index contributed by atoms with van der Waals surface area (Å²) in [6.45, 7) is 8.79. The van der Waals surface area contributed by atoms with Gasteiger partial charge in [0.25, 0.3) is 0 Å². The average Bonchev–Trinajstić information content (AvgIpc) is 3.20. The lowest BCUT2D eigenvalue weighted by Gasteiger charge is -2.01. The zero-order valence-electron chi connectivity index (χ0n) is 37.7. The Labute approximate surface area is 354 Å². The smallest absolute Gasteiger partial charge is 0.303 e. The highest BCUT2D eigenvalue weighted by Crippen LogP contribution is 2.11. The third-order valence-electron chi connectivity index (χ3n) is 9.44. The van der Waals surface area contributed by atoms with Crippen molar-refractivity contribution in [2.45, 2.75) is 246 Å². The topological polar surface area (TPSA) is 190 Å². The Kier molecular flexibility index (Phi) is 57.4. The Morgan fingerprint density at radius 3 is 0.655 bits per heavy atom. The molecule has 0 saturated heterocycles. The van der Waals surface area contributed by atoms with Crippen LogP contribution in [0.4, 0.5) is 0 Å². The number of aliphatic hydroxyl groups excluding tert-OH is 2. The number of aliphatic carboxylic acids is 4. The van der Waals surface area contributed by atoms with Crippen molar-refractivity contribution in [3.8, 4) is 0 Å². The SMILES string of the molecule is CCCCCCCCCC(=O)O.CCCCCCCCCC(=O)O.CCCCCCCCCC(=O)O.CCCCCCCCCC(=O)O.OCc1ccccc1CO. The zero-order valence-corrected chi connectivity index (χ0v) is 37.7. The first-order valence-corrected chi connectivity index (χ1v) is 23.1. The van der Waals surface area contributed by atoms with Crippen LogP contribution in [0.3, 0.4) is 0 Å². The van der Waals surface area contributed by atoms with Gasteiger partial charge in [0.05, 0.1) is 13.2 Å². The second-order valence-corrected chi connectivity index (χ2v) is 15.1. The Bertz CT molecular complexity index is 879. The fourth-order valence-corrected chi connectivity index (χ4v) is 5.80. The molecule has 0 heterocycles. The molecule has 0 aliphatic rings. The van der Waals surface area contributed by atoms with E-state index in [-0.39, 0.29) is 13.2 Å². The van der Waals surface area contributed by atoms with Gasteiger partial charge in [-0.2, -0.15) is 0 Å². The molecule has 0 unspecified atom stereocenters. The van der Waals surface area contributed by atoms with Crippen LogP contribution in [-0.4, -0.2) is 54.5 Å². The summed E-state index contributed by atoms with van der Waals surface area (Å²) in [5, 5.41) is 50.9. The van der Waals surface area contributed by atoms with Crippen LogP contribution < -0.4 is 0 Å². The minimum atomic E-state index is -0.663. The van der Waals surface area contributed by atoms with Crippen LogP contribution in [0.25, 0.3) is 0 Å². The van der Waals surface area contributed by atoms with E-state index < -0.39 is 23.9 Å². The Morgan fingerprint density at radius 1 is 0.328 bits per heavy atom. The molecule has 0 atom stereocenters. The molecule has 0 spiro atoms. The zero-order chi connectivity index (χ0) is 44.3. The van der Waals surface area contributed by atoms with E-state index in [0.717, 1.165) is 62.5 Å². The van der Waals surface area contributed by atoms with E-state index in [2.05, 4.69) is 27.7 Å². The molecular weight excluding hydrogens is 737 g/mol. The van der Waals surface area contributed by atoms with Crippen molar-refractivity contribution in [3.05, 3.63) is 35.4 Å². The molecule has 0 aromatic heterocycles. The maximum Gasteiger partial charge on any atom is 0.303 e. The summed E-state index contributed by atoms with van der Waals surface area (Å²) in [6.07, 6.45) is 34.6. The van der Waals surface area contributed by atoms with E-state index in [1.54, 1.807) is 12.1 Å². The van der Waals surface area contributed by atoms with Crippen LogP contribution >= 0.6 is 0 Å². The highest BCUT2D eigenvalue weighted by Gasteiger charge is 1.99. The van der Waals surface area contributed by atoms with Gasteiger partial charge in [0.1, 0.15) is 0 Å². The third kappa shape index (κ3) is 62.2. The van der Waals surface area contributed by atoms with Gasteiger partial charge >= 0.3 is 23.9 Å². The largest absolute Gasteiger partial charge is 0.481 e. The molecule has 1 aromatic rings. The van der Waals surface area contributed by atoms with Crippen molar-refractivity contribution in [1.29, 1.82) is 0 Å². The van der Waals surface area contributed by atoms with Crippen molar-refractivity contribution in [2.24, 2.45) is 0 Å². The number of rotatable bonds is 34. The standard InChI is InChI=1S/4C10H20O2.C8H10O2/c4*1-2-3-4-5-6-7-8-9-10(11)12;9-5-7-3-1-2-4-8(7)6-10/h4*2-9H2,1H3,(H,11,12);1-4,9-10H,5-6H2. The summed E-state index contributed by atoms with van der Waals surface area (Å²) >= 11 is 0. The first-order chi connectivity index (χ1) is 28.0. The second kappa shape index (κ2) is 54.0. The molecule has 6 N–H and O–H groups in total. The van der Waals surface area contributed by atoms with Crippen LogP contribution in [0.1, 0.15) is 244 Å². The molecule has 58 heavy (non-hydrogen) atoms. The molecule has 0 aliphatic heterocycles. The number of carboxylic acid groups (broad SMARTS) is 4. The molecular formula is C48H90O10. The lowest BCUT2D eigenvalue weighted by atomic mass is 10.1. The van der Waals surface area contributed by atoms with E-state index in [0.29, 0.717) is 25.7 Å². The van der Waals surface area contributed by atoms with Crippen molar-refractivity contribution >= 4 is 23.9 Å². The lowest BCUT2D eigenvalue weighted by molar-refractivity contribution is -0.138. The summed E-state index contributed by atoms with van der Waals surface area (Å²) in [6, 6.07) is 7.27. The van der Waals surface area contributed by atoms with Gasteiger partial charge in [0, 0.05) is 25.7 Å². The number of carboxylic acids is 4. The Morgan fingerprint density at radius 2 is 0.500 bits per heavy atom. The summed E-state index contributed by atoms with van der Waals surface area (Å²) < 4.78 is 0. The van der Waals surface area contributed by atoms with Gasteiger partial charge in [0.2, 0.25) is 0 Å². The van der Waals surface area contributed by atoms with Crippen LogP contribution in [0.5, 0.6) is 0 Å². The van der Waals surface area contributed by atoms with Gasteiger partial charge in [-0.05, 0) is 36.8 Å². The summed E-state index contributed by atoms with van der Waals surface area (Å²) in [7, 11) is 0. The molecule has 0 radical (unpaired) electrons. The minimum Gasteiger partial charge on any atom is -0.481 e. The highest BCUT2D eigenvalue weighted by molar-refractivity contribution is 5.67. The average molecular weight is 827 g/mol. The van der Waals surface area contributed by atoms with Gasteiger partial charge in [0.15, 0.2) is 0 Å². The second-order valence-electron chi connectivity index (χ2n) is 15.1. The summed E-state index contributed by atoms with van der Waals surface area (Å²) in [4.78, 5) is 40.5. The van der Waals surface area contributed by atoms with Gasteiger partial charge in [-0.1, -0.05) is 206 Å². The van der Waals surface area contributed by atoms with Crippen LogP contribution in [0.15, 0.2) is 24.3 Å². The van der Waals surface area contributed by atoms with Crippen LogP contribution in [-0.2, 0) is 32.4 Å². The van der Waals surface area contributed by atoms with Crippen molar-refractivity contribution < 1.29 is 49.8 Å². The number of carbonyl (C=O) groups is 4. The molecule has 10 nitrogen and oxygen atoms in total. The van der Waals surface area contributed by atoms with Crippen molar-refractivity contribution in [3.63, 3.8) is 0 Å². The molecule has 10 heteroatoms. The number of hydrogen-bond acceptors (Lipinski definition) is 6. The molecule has 0 fully saturated rings. The number of hydrogen-bond donors (Lipinski definition) is 6. The molecule has 0 amide bonds. The maximum absolute atomic E-state index is 10.1. The third-order valence-corrected chi connectivity index (χ3v) is 9.44. The molecule has 0 bridgehead atoms. The fourth-order valence-electron chi connectivity index (χ4n) is 5.80. The Hall–Kier alpha value is -2.98. The predicted octanol–water partition coefficient (Wildman–Crippen LogP) is 13.5. The van der Waals surface area contributed by atoms with E-state index >= 15 is 0 Å². The summed E-state index contributed by atoms with van der Waals surface area (Å²) in [5.41, 5.74) is 1.59. The van der Waals surface area contributed by atoms with Gasteiger partial charge in [-0.25, -0.2) is 0 Å². The fraction of sp³-hybridized carbons (Fsp3) is 0.792. The van der Waals surface area contributed by atoms with Crippen molar-refractivity contribution in [1.82, 2.24) is 0 Å². The highest BCUT2D eigenvalue weighted by atomic mass is 16.4. The van der Waals surface area contributed by atoms with E-state index in [1.807, 2.05) is 12.1 Å². The molecule has 1 rings (SSSR count). The maximum atomic E-state index is 10.1. The number of benzene rings is 1. The minimum absolute atomic E-state index is 0.00324. The normalized spacial score (nSPS) is 10.0. The first-order valence-electron chi connectivity index (χ1n) is 23.1. The van der Waals surface area contributed by atoms with Gasteiger partial charge < -0.3 is 30.6 Å². The van der Waals surface area contributed by atoms with E-state index in [9.17, 15) is 19.2 Å². The van der Waals surface area contributed by atoms with Gasteiger partial charge in [-0.15, -0.1) is 0 Å². The quantitative estimate of drug-likeness (QED) is 0.0365.